The van der Waals surface area contributed by atoms with Gasteiger partial charge in [-0.1, -0.05) is 60.7 Å². The molecule has 0 aliphatic rings. The lowest BCUT2D eigenvalue weighted by Crippen LogP contribution is -2.08. The molecule has 10 nitrogen and oxygen atoms in total. The second-order valence-electron chi connectivity index (χ2n) is 9.05. The molecule has 4 aromatic heterocycles. The number of fused-ring (bicyclic) bond motifs is 1. The first-order chi connectivity index (χ1) is 19.1. The monoisotopic (exact) mass is 520 g/mol. The molecule has 0 saturated carbocycles. The number of benzene rings is 2. The Balaban J connectivity index is 1.49. The molecule has 0 bridgehead atoms. The van der Waals surface area contributed by atoms with Crippen molar-refractivity contribution in [2.75, 3.05) is 0 Å². The van der Waals surface area contributed by atoms with Crippen LogP contribution in [0.2, 0.25) is 0 Å². The first-order valence-electron chi connectivity index (χ1n) is 12.4. The molecule has 4 heterocycles. The Bertz CT molecular complexity index is 1740. The summed E-state index contributed by atoms with van der Waals surface area (Å²) in [6, 6.07) is 23.7. The Kier molecular flexibility index (Phi) is 6.34. The van der Waals surface area contributed by atoms with Gasteiger partial charge in [0.15, 0.2) is 12.3 Å². The van der Waals surface area contributed by atoms with E-state index in [1.807, 2.05) is 71.3 Å². The highest BCUT2D eigenvalue weighted by molar-refractivity contribution is 5.63. The van der Waals surface area contributed by atoms with Crippen LogP contribution in [0.4, 0.5) is 5.82 Å². The van der Waals surface area contributed by atoms with E-state index in [2.05, 4.69) is 17.1 Å². The van der Waals surface area contributed by atoms with Gasteiger partial charge in [-0.3, -0.25) is 4.40 Å². The van der Waals surface area contributed by atoms with Crippen LogP contribution in [0.5, 0.6) is 5.88 Å². The van der Waals surface area contributed by atoms with Gasteiger partial charge >= 0.3 is 5.82 Å². The van der Waals surface area contributed by atoms with E-state index in [1.165, 1.54) is 10.8 Å². The van der Waals surface area contributed by atoms with E-state index < -0.39 is 4.92 Å². The molecule has 10 heteroatoms. The van der Waals surface area contributed by atoms with Crippen molar-refractivity contribution >= 4 is 11.5 Å². The third kappa shape index (κ3) is 4.87. The van der Waals surface area contributed by atoms with Crippen LogP contribution in [0, 0.1) is 10.1 Å². The Hall–Kier alpha value is -5.25. The summed E-state index contributed by atoms with van der Waals surface area (Å²) in [6.45, 7) is 0.0142. The lowest BCUT2D eigenvalue weighted by atomic mass is 10.1. The summed E-state index contributed by atoms with van der Waals surface area (Å²) in [7, 11) is 1.59. The Morgan fingerprint density at radius 1 is 0.949 bits per heavy atom. The van der Waals surface area contributed by atoms with Gasteiger partial charge in [0, 0.05) is 18.2 Å². The fraction of sp³-hybridized carbons (Fsp3) is 0.138. The van der Waals surface area contributed by atoms with E-state index in [0.29, 0.717) is 35.9 Å². The summed E-state index contributed by atoms with van der Waals surface area (Å²) < 4.78 is 15.2. The van der Waals surface area contributed by atoms with Crippen molar-refractivity contribution < 1.29 is 14.1 Å². The van der Waals surface area contributed by atoms with Crippen LogP contribution >= 0.6 is 0 Å². The smallest absolute Gasteiger partial charge is 0.342 e. The minimum absolute atomic E-state index is 0.0142. The van der Waals surface area contributed by atoms with Crippen LogP contribution in [-0.4, -0.2) is 28.8 Å². The van der Waals surface area contributed by atoms with Crippen LogP contribution in [0.15, 0.2) is 95.9 Å². The predicted octanol–water partition coefficient (Wildman–Crippen LogP) is 5.39. The van der Waals surface area contributed by atoms with Crippen LogP contribution in [-0.2, 0) is 26.5 Å². The number of rotatable bonds is 9. The molecule has 0 amide bonds. The fourth-order valence-corrected chi connectivity index (χ4v) is 4.51. The first kappa shape index (κ1) is 24.1. The van der Waals surface area contributed by atoms with Crippen molar-refractivity contribution in [1.82, 2.24) is 23.9 Å². The molecule has 0 fully saturated rings. The molecule has 0 atom stereocenters. The molecule has 0 saturated heterocycles. The predicted molar refractivity (Wildman–Crippen MR) is 143 cm³/mol. The zero-order valence-electron chi connectivity index (χ0n) is 21.1. The summed E-state index contributed by atoms with van der Waals surface area (Å²) >= 11 is 0. The van der Waals surface area contributed by atoms with Gasteiger partial charge in [-0.2, -0.15) is 0 Å². The summed E-state index contributed by atoms with van der Waals surface area (Å²) in [5.74, 6) is 1.54. The highest BCUT2D eigenvalue weighted by Gasteiger charge is 2.23. The number of furan rings is 1. The summed E-state index contributed by atoms with van der Waals surface area (Å²) in [5, 5.41) is 11.3. The number of nitro groups is 1. The normalized spacial score (nSPS) is 11.2. The number of hydrogen-bond acceptors (Lipinski definition) is 7. The lowest BCUT2D eigenvalue weighted by molar-refractivity contribution is -0.391. The van der Waals surface area contributed by atoms with Gasteiger partial charge in [-0.15, -0.1) is 0 Å². The zero-order chi connectivity index (χ0) is 26.8. The maximum atomic E-state index is 11.3. The number of nitrogens with zero attached hydrogens (tertiary/aromatic N) is 6. The number of hydrogen-bond donors (Lipinski definition) is 0. The molecule has 39 heavy (non-hydrogen) atoms. The second-order valence-corrected chi connectivity index (χ2v) is 9.05. The van der Waals surface area contributed by atoms with Crippen LogP contribution in [0.1, 0.15) is 28.5 Å². The highest BCUT2D eigenvalue weighted by atomic mass is 16.6. The second kappa shape index (κ2) is 10.3. The van der Waals surface area contributed by atoms with Crippen molar-refractivity contribution in [3.8, 4) is 17.1 Å². The van der Waals surface area contributed by atoms with Gasteiger partial charge in [-0.25, -0.2) is 19.5 Å². The van der Waals surface area contributed by atoms with Crippen LogP contribution < -0.4 is 4.74 Å². The molecule has 0 N–H and O–H groups in total. The maximum absolute atomic E-state index is 11.3. The van der Waals surface area contributed by atoms with Crippen molar-refractivity contribution in [3.05, 3.63) is 130 Å². The molecule has 6 aromatic rings. The van der Waals surface area contributed by atoms with Crippen LogP contribution in [0.25, 0.3) is 16.9 Å². The standard InChI is InChI=1S/C29H24N6O4/c1-33-26(30-17-27(33)35(36)37)19-39-29-24(16-22-13-8-14-38-22)32-28-23(15-20-9-4-2-5-10-20)31-25(18-34(28)29)21-11-6-3-7-12-21/h2-14,17-18H,15-16,19H2,1H3. The van der Waals surface area contributed by atoms with E-state index in [9.17, 15) is 10.1 Å². The van der Waals surface area contributed by atoms with Gasteiger partial charge in [0.25, 0.3) is 0 Å². The molecule has 0 unspecified atom stereocenters. The average Bonchev–Trinajstić information content (AvgIpc) is 3.68. The van der Waals surface area contributed by atoms with Crippen molar-refractivity contribution in [3.63, 3.8) is 0 Å². The van der Waals surface area contributed by atoms with Crippen molar-refractivity contribution in [1.29, 1.82) is 0 Å². The van der Waals surface area contributed by atoms with E-state index in [1.54, 1.807) is 13.3 Å². The molecule has 2 aromatic carbocycles. The minimum atomic E-state index is -0.472. The van der Waals surface area contributed by atoms with Gasteiger partial charge in [0.05, 0.1) is 31.1 Å². The van der Waals surface area contributed by atoms with E-state index in [0.717, 1.165) is 28.3 Å². The minimum Gasteiger partial charge on any atom is -0.469 e. The van der Waals surface area contributed by atoms with E-state index in [-0.39, 0.29) is 12.4 Å². The average molecular weight is 521 g/mol. The van der Waals surface area contributed by atoms with Gasteiger partial charge < -0.3 is 19.3 Å². The molecule has 0 aliphatic carbocycles. The molecule has 0 aliphatic heterocycles. The van der Waals surface area contributed by atoms with Crippen molar-refractivity contribution in [2.45, 2.75) is 19.4 Å². The Morgan fingerprint density at radius 3 is 2.41 bits per heavy atom. The third-order valence-corrected chi connectivity index (χ3v) is 6.49. The molecule has 194 valence electrons. The van der Waals surface area contributed by atoms with Crippen LogP contribution in [0.3, 0.4) is 0 Å². The van der Waals surface area contributed by atoms with Gasteiger partial charge in [0.2, 0.25) is 11.7 Å². The topological polar surface area (TPSA) is 114 Å². The lowest BCUT2D eigenvalue weighted by Gasteiger charge is -2.11. The van der Waals surface area contributed by atoms with Crippen molar-refractivity contribution in [2.24, 2.45) is 7.05 Å². The Labute approximate surface area is 223 Å². The molecule has 0 radical (unpaired) electrons. The SMILES string of the molecule is Cn1c([N+](=O)[O-])cnc1COc1c(Cc2ccco2)nc2c(Cc3ccccc3)nc(-c3ccccc3)cn12. The highest BCUT2D eigenvalue weighted by Crippen LogP contribution is 2.30. The quantitative estimate of drug-likeness (QED) is 0.185. The van der Waals surface area contributed by atoms with E-state index in [4.69, 9.17) is 19.1 Å². The largest absolute Gasteiger partial charge is 0.469 e. The van der Waals surface area contributed by atoms with Gasteiger partial charge in [0.1, 0.15) is 17.7 Å². The third-order valence-electron chi connectivity index (χ3n) is 6.49. The zero-order valence-corrected chi connectivity index (χ0v) is 21.1. The number of ether oxygens (including phenoxy) is 1. The van der Waals surface area contributed by atoms with Gasteiger partial charge in [-0.05, 0) is 22.6 Å². The number of imidazole rings is 2. The summed E-state index contributed by atoms with van der Waals surface area (Å²) in [5.41, 5.74) is 4.96. The molecular weight excluding hydrogens is 496 g/mol. The number of aromatic nitrogens is 5. The Morgan fingerprint density at radius 2 is 1.72 bits per heavy atom. The summed E-state index contributed by atoms with van der Waals surface area (Å²) in [4.78, 5) is 25.0. The molecule has 0 spiro atoms. The van der Waals surface area contributed by atoms with E-state index >= 15 is 0 Å². The maximum Gasteiger partial charge on any atom is 0.342 e. The molecule has 6 rings (SSSR count). The molecular formula is C29H24N6O4. The summed E-state index contributed by atoms with van der Waals surface area (Å²) in [6.07, 6.45) is 5.73. The first-order valence-corrected chi connectivity index (χ1v) is 12.4. The fourth-order valence-electron chi connectivity index (χ4n) is 4.51.